The summed E-state index contributed by atoms with van der Waals surface area (Å²) in [6.07, 6.45) is 0. The molecular weight excluding hydrogens is 565 g/mol. The van der Waals surface area contributed by atoms with Gasteiger partial charge in [-0.1, -0.05) is 15.3 Å². The first kappa shape index (κ1) is 29.1. The Morgan fingerprint density at radius 1 is 0.780 bits per heavy atom. The average Bonchev–Trinajstić information content (AvgIpc) is 3.70. The number of nitrogens with zero attached hydrogens (tertiary/aromatic N) is 6. The van der Waals surface area contributed by atoms with Crippen LogP contribution in [0, 0.1) is 11.6 Å². The van der Waals surface area contributed by atoms with Crippen LogP contribution in [0.15, 0.2) is 54.1 Å². The summed E-state index contributed by atoms with van der Waals surface area (Å²) in [5.41, 5.74) is 1.37. The van der Waals surface area contributed by atoms with Crippen LogP contribution in [0.3, 0.4) is 0 Å². The third-order valence-corrected chi connectivity index (χ3v) is 4.60. The van der Waals surface area contributed by atoms with Gasteiger partial charge in [0.15, 0.2) is 11.2 Å². The molecule has 0 saturated heterocycles. The summed E-state index contributed by atoms with van der Waals surface area (Å²) in [6.45, 7) is 1.85. The van der Waals surface area contributed by atoms with Crippen molar-refractivity contribution in [1.82, 2.24) is 30.4 Å². The second-order valence-electron chi connectivity index (χ2n) is 7.34. The predicted octanol–water partition coefficient (Wildman–Crippen LogP) is -0.269. The van der Waals surface area contributed by atoms with Crippen molar-refractivity contribution >= 4 is 58.2 Å². The number of carboxylic acids is 1. The number of ether oxygens (including phenoxy) is 1. The molecule has 0 aliphatic heterocycles. The van der Waals surface area contributed by atoms with E-state index in [1.807, 2.05) is 0 Å². The van der Waals surface area contributed by atoms with Crippen LogP contribution < -0.4 is 45.3 Å². The van der Waals surface area contributed by atoms with Crippen molar-refractivity contribution in [2.75, 3.05) is 17.2 Å². The number of oxazole rings is 2. The molecule has 16 nitrogen and oxygen atoms in total. The first-order valence-electron chi connectivity index (χ1n) is 11.0. The molecule has 0 amide bonds. The average molecular weight is 578 g/mol. The molecule has 0 atom stereocenters. The fraction of sp³-hybridized carbons (Fsp3) is 0.0909. The maximum absolute atomic E-state index is 13.0. The van der Waals surface area contributed by atoms with Gasteiger partial charge in [0, 0.05) is 12.1 Å². The molecule has 2 N–H and O–H groups in total. The van der Waals surface area contributed by atoms with E-state index >= 15 is 0 Å². The number of carbonyl (C=O) groups excluding carboxylic acids is 2. The van der Waals surface area contributed by atoms with Crippen molar-refractivity contribution < 1.29 is 75.4 Å². The molecule has 4 heterocycles. The van der Waals surface area contributed by atoms with E-state index in [4.69, 9.17) is 22.4 Å². The van der Waals surface area contributed by atoms with E-state index in [9.17, 15) is 23.5 Å². The Labute approximate surface area is 247 Å². The van der Waals surface area contributed by atoms with E-state index in [1.165, 1.54) is 30.3 Å². The minimum atomic E-state index is -1.60. The molecule has 0 spiro atoms. The smallest absolute Gasteiger partial charge is 0.540 e. The van der Waals surface area contributed by atoms with Crippen LogP contribution in [0.25, 0.3) is 22.2 Å². The molecule has 0 radical (unpaired) electrons. The van der Waals surface area contributed by atoms with Crippen LogP contribution in [0.2, 0.25) is 0 Å². The van der Waals surface area contributed by atoms with Crippen LogP contribution in [0.4, 0.5) is 32.8 Å². The topological polar surface area (TPSA) is 220 Å². The molecule has 6 aromatic rings. The summed E-state index contributed by atoms with van der Waals surface area (Å²) in [6, 6.07) is 7.44. The number of carbonyl (C=O) groups is 2. The number of benzene rings is 2. The predicted molar refractivity (Wildman–Crippen MR) is 123 cm³/mol. The first-order chi connectivity index (χ1) is 19.3. The van der Waals surface area contributed by atoms with Gasteiger partial charge in [-0.25, -0.2) is 13.6 Å². The fourth-order valence-corrected chi connectivity index (χ4v) is 2.99. The second kappa shape index (κ2) is 12.5. The second-order valence-corrected chi connectivity index (χ2v) is 7.34. The molecule has 41 heavy (non-hydrogen) atoms. The van der Waals surface area contributed by atoms with Gasteiger partial charge in [-0.2, -0.15) is 9.97 Å². The molecule has 4 aromatic heterocycles. The summed E-state index contributed by atoms with van der Waals surface area (Å²) in [7, 11) is 0. The van der Waals surface area contributed by atoms with Crippen molar-refractivity contribution in [2.24, 2.45) is 0 Å². The van der Waals surface area contributed by atoms with Gasteiger partial charge in [0.05, 0.1) is 6.61 Å². The molecular formula is C22H13F2N8NaO8. The Bertz CT molecular complexity index is 1830. The zero-order chi connectivity index (χ0) is 28.2. The van der Waals surface area contributed by atoms with Gasteiger partial charge in [0.25, 0.3) is 5.89 Å². The maximum atomic E-state index is 13.0. The number of nitrogens with one attached hydrogen (secondary N) is 2. The standard InChI is InChI=1S/C12H9FN4O4.C10H5FN4O4.Na/c1-2-19-10(18)9-16-17-12(21-9)15-11-14-7-4-3-6(13)5-8(7)20-11;11-4-1-2-5-6(3-4)18-9(12-5)13-10-15-14-7(19-10)8(16)17;/h3-5H,2H2,1H3,(H,14,15,17);1-3H,(H,16,17)(H,12,13,15);/q;;+1/p-1. The normalized spacial score (nSPS) is 10.5. The van der Waals surface area contributed by atoms with Crippen LogP contribution in [-0.4, -0.2) is 48.9 Å². The Kier molecular flexibility index (Phi) is 8.85. The Balaban J connectivity index is 0.000000185. The number of hydrogen-bond donors (Lipinski definition) is 2. The van der Waals surface area contributed by atoms with Crippen LogP contribution in [-0.2, 0) is 4.74 Å². The Morgan fingerprint density at radius 3 is 1.73 bits per heavy atom. The van der Waals surface area contributed by atoms with Crippen LogP contribution in [0.5, 0.6) is 0 Å². The van der Waals surface area contributed by atoms with E-state index in [2.05, 4.69) is 41.0 Å². The van der Waals surface area contributed by atoms with Gasteiger partial charge in [-0.05, 0) is 31.2 Å². The zero-order valence-corrected chi connectivity index (χ0v) is 22.9. The molecule has 204 valence electrons. The Morgan fingerprint density at radius 2 is 1.27 bits per heavy atom. The fourth-order valence-electron chi connectivity index (χ4n) is 2.99. The minimum absolute atomic E-state index is 0. The summed E-state index contributed by atoms with van der Waals surface area (Å²) in [5, 5.41) is 29.2. The quantitative estimate of drug-likeness (QED) is 0.184. The summed E-state index contributed by atoms with van der Waals surface area (Å²) in [5.74, 6) is -4.19. The molecule has 6 rings (SSSR count). The van der Waals surface area contributed by atoms with Gasteiger partial charge in [0.1, 0.15) is 28.6 Å². The molecule has 2 aromatic carbocycles. The van der Waals surface area contributed by atoms with E-state index in [-0.39, 0.29) is 77.3 Å². The minimum Gasteiger partial charge on any atom is -0.540 e. The van der Waals surface area contributed by atoms with Gasteiger partial charge in [0.2, 0.25) is 0 Å². The summed E-state index contributed by atoms with van der Waals surface area (Å²) < 4.78 is 50.9. The van der Waals surface area contributed by atoms with Gasteiger partial charge >= 0.3 is 65.5 Å². The molecule has 0 aliphatic rings. The number of carboxylic acid groups (broad SMARTS) is 1. The number of fused-ring (bicyclic) bond motifs is 2. The van der Waals surface area contributed by atoms with Crippen molar-refractivity contribution in [2.45, 2.75) is 6.92 Å². The third-order valence-electron chi connectivity index (χ3n) is 4.60. The maximum Gasteiger partial charge on any atom is 1.00 e. The molecule has 0 fully saturated rings. The first-order valence-corrected chi connectivity index (χ1v) is 11.0. The molecule has 0 saturated carbocycles. The van der Waals surface area contributed by atoms with Crippen molar-refractivity contribution in [3.8, 4) is 0 Å². The number of aromatic nitrogens is 6. The molecule has 0 unspecified atom stereocenters. The molecule has 19 heteroatoms. The van der Waals surface area contributed by atoms with E-state index in [1.54, 1.807) is 6.92 Å². The number of anilines is 4. The summed E-state index contributed by atoms with van der Waals surface area (Å²) >= 11 is 0. The number of aromatic carboxylic acids is 1. The van der Waals surface area contributed by atoms with E-state index in [0.29, 0.717) is 11.0 Å². The zero-order valence-electron chi connectivity index (χ0n) is 20.9. The number of hydrogen-bond acceptors (Lipinski definition) is 16. The van der Waals surface area contributed by atoms with Crippen molar-refractivity contribution in [1.29, 1.82) is 0 Å². The van der Waals surface area contributed by atoms with E-state index in [0.717, 1.165) is 6.07 Å². The summed E-state index contributed by atoms with van der Waals surface area (Å²) in [4.78, 5) is 29.8. The SMILES string of the molecule is CCOC(=O)c1nnc(Nc2nc3ccc(F)cc3o2)o1.O=C([O-])c1nnc(Nc2nc3ccc(F)cc3o2)o1.[Na+]. The van der Waals surface area contributed by atoms with Gasteiger partial charge in [-0.15, -0.1) is 5.10 Å². The van der Waals surface area contributed by atoms with Crippen LogP contribution in [0.1, 0.15) is 28.3 Å². The monoisotopic (exact) mass is 578 g/mol. The van der Waals surface area contributed by atoms with E-state index < -0.39 is 29.5 Å². The largest absolute Gasteiger partial charge is 1.00 e. The number of rotatable bonds is 7. The van der Waals surface area contributed by atoms with Gasteiger partial charge < -0.3 is 32.3 Å². The van der Waals surface area contributed by atoms with Crippen molar-refractivity contribution in [3.63, 3.8) is 0 Å². The third kappa shape index (κ3) is 6.99. The number of esters is 1. The molecule has 0 aliphatic carbocycles. The number of halogens is 2. The molecule has 0 bridgehead atoms. The van der Waals surface area contributed by atoms with Gasteiger partial charge in [-0.3, -0.25) is 10.6 Å². The Hall–Kier alpha value is -4.94. The van der Waals surface area contributed by atoms with Crippen LogP contribution >= 0.6 is 0 Å². The van der Waals surface area contributed by atoms with Crippen molar-refractivity contribution in [3.05, 3.63) is 59.8 Å².